The van der Waals surface area contributed by atoms with E-state index in [0.29, 0.717) is 19.6 Å². The predicted octanol–water partition coefficient (Wildman–Crippen LogP) is 0.595. The fourth-order valence-corrected chi connectivity index (χ4v) is 3.97. The van der Waals surface area contributed by atoms with Gasteiger partial charge in [-0.05, 0) is 33.2 Å². The number of nitrogens with one attached hydrogen (secondary N) is 1. The van der Waals surface area contributed by atoms with Gasteiger partial charge in [0.1, 0.15) is 0 Å². The summed E-state index contributed by atoms with van der Waals surface area (Å²) in [5.41, 5.74) is 0. The van der Waals surface area contributed by atoms with Gasteiger partial charge >= 0.3 is 0 Å². The van der Waals surface area contributed by atoms with E-state index in [1.807, 2.05) is 13.8 Å². The van der Waals surface area contributed by atoms with Crippen molar-refractivity contribution < 1.29 is 17.9 Å². The lowest BCUT2D eigenvalue weighted by molar-refractivity contribution is 0.126. The second-order valence-corrected chi connectivity index (χ2v) is 6.91. The molecule has 2 atom stereocenters. The normalized spacial score (nSPS) is 24.6. The fraction of sp³-hybridized carbons (Fsp3) is 1.00. The molecule has 1 aliphatic rings. The fourth-order valence-electron chi connectivity index (χ4n) is 2.12. The minimum absolute atomic E-state index is 0.159. The van der Waals surface area contributed by atoms with Gasteiger partial charge in [0, 0.05) is 26.4 Å². The van der Waals surface area contributed by atoms with Crippen LogP contribution in [0.5, 0.6) is 0 Å². The zero-order valence-electron chi connectivity index (χ0n) is 11.4. The Bertz CT molecular complexity index is 318. The van der Waals surface area contributed by atoms with Crippen molar-refractivity contribution in [1.29, 1.82) is 0 Å². The molecular weight excluding hydrogens is 254 g/mol. The summed E-state index contributed by atoms with van der Waals surface area (Å²) in [6.07, 6.45) is 1.39. The first-order chi connectivity index (χ1) is 8.58. The molecule has 0 aromatic carbocycles. The predicted molar refractivity (Wildman–Crippen MR) is 71.6 cm³/mol. The zero-order chi connectivity index (χ0) is 13.4. The number of hydrogen-bond donors (Lipinski definition) is 1. The highest BCUT2D eigenvalue weighted by Gasteiger charge is 2.34. The van der Waals surface area contributed by atoms with Crippen LogP contribution in [0.1, 0.15) is 26.7 Å². The van der Waals surface area contributed by atoms with Crippen LogP contribution in [0.3, 0.4) is 0 Å². The summed E-state index contributed by atoms with van der Waals surface area (Å²) in [7, 11) is -3.03. The van der Waals surface area contributed by atoms with E-state index in [4.69, 9.17) is 9.47 Å². The molecule has 18 heavy (non-hydrogen) atoms. The molecule has 0 aromatic heterocycles. The van der Waals surface area contributed by atoms with Crippen molar-refractivity contribution in [2.75, 3.05) is 38.7 Å². The third-order valence-corrected chi connectivity index (χ3v) is 5.49. The quantitative estimate of drug-likeness (QED) is 0.626. The van der Waals surface area contributed by atoms with Crippen LogP contribution in [-0.4, -0.2) is 58.4 Å². The molecule has 0 bridgehead atoms. The Kier molecular flexibility index (Phi) is 7.14. The van der Waals surface area contributed by atoms with Gasteiger partial charge in [-0.25, -0.2) is 8.42 Å². The van der Waals surface area contributed by atoms with Crippen LogP contribution in [0.15, 0.2) is 0 Å². The van der Waals surface area contributed by atoms with Gasteiger partial charge < -0.3 is 14.8 Å². The molecule has 0 radical (unpaired) electrons. The van der Waals surface area contributed by atoms with Gasteiger partial charge in [0.15, 0.2) is 9.84 Å². The first kappa shape index (κ1) is 15.9. The lowest BCUT2D eigenvalue weighted by atomic mass is 10.3. The van der Waals surface area contributed by atoms with Gasteiger partial charge in [-0.1, -0.05) is 0 Å². The van der Waals surface area contributed by atoms with Crippen molar-refractivity contribution in [3.63, 3.8) is 0 Å². The Morgan fingerprint density at radius 1 is 1.39 bits per heavy atom. The van der Waals surface area contributed by atoms with Crippen molar-refractivity contribution in [3.8, 4) is 0 Å². The van der Waals surface area contributed by atoms with Crippen LogP contribution in [0, 0.1) is 0 Å². The molecule has 5 nitrogen and oxygen atoms in total. The maximum Gasteiger partial charge on any atom is 0.157 e. The van der Waals surface area contributed by atoms with Gasteiger partial charge in [0.2, 0.25) is 0 Å². The summed E-state index contributed by atoms with van der Waals surface area (Å²) in [4.78, 5) is 0. The monoisotopic (exact) mass is 279 g/mol. The molecule has 6 heteroatoms. The highest BCUT2D eigenvalue weighted by Crippen LogP contribution is 2.21. The van der Waals surface area contributed by atoms with E-state index in [1.165, 1.54) is 0 Å². The van der Waals surface area contributed by atoms with Crippen LogP contribution in [0.2, 0.25) is 0 Å². The molecule has 108 valence electrons. The SMILES string of the molecule is CCOCCCNCCS(=O)(=O)C1CCOC1C. The molecule has 0 saturated carbocycles. The minimum Gasteiger partial charge on any atom is -0.382 e. The maximum absolute atomic E-state index is 12.0. The highest BCUT2D eigenvalue weighted by molar-refractivity contribution is 7.92. The van der Waals surface area contributed by atoms with Crippen LogP contribution < -0.4 is 5.32 Å². The van der Waals surface area contributed by atoms with Crippen molar-refractivity contribution in [1.82, 2.24) is 5.32 Å². The molecule has 1 rings (SSSR count). The molecule has 1 N–H and O–H groups in total. The topological polar surface area (TPSA) is 64.6 Å². The summed E-state index contributed by atoms with van der Waals surface area (Å²) in [6, 6.07) is 0. The molecule has 1 fully saturated rings. The summed E-state index contributed by atoms with van der Waals surface area (Å²) >= 11 is 0. The molecule has 1 heterocycles. The first-order valence-corrected chi connectivity index (χ1v) is 8.41. The van der Waals surface area contributed by atoms with E-state index >= 15 is 0 Å². The average Bonchev–Trinajstić information content (AvgIpc) is 2.75. The standard InChI is InChI=1S/C12H25NO4S/c1-3-16-8-4-6-13-7-10-18(14,15)12-5-9-17-11(12)2/h11-13H,3-10H2,1-2H3. The molecule has 0 aromatic rings. The molecule has 1 saturated heterocycles. The molecule has 0 aliphatic carbocycles. The minimum atomic E-state index is -3.03. The molecule has 0 spiro atoms. The summed E-state index contributed by atoms with van der Waals surface area (Å²) < 4.78 is 34.6. The van der Waals surface area contributed by atoms with Gasteiger partial charge in [0.05, 0.1) is 17.1 Å². The van der Waals surface area contributed by atoms with E-state index in [-0.39, 0.29) is 17.1 Å². The first-order valence-electron chi connectivity index (χ1n) is 6.69. The third-order valence-electron chi connectivity index (χ3n) is 3.18. The average molecular weight is 279 g/mol. The molecule has 1 aliphatic heterocycles. The van der Waals surface area contributed by atoms with Crippen molar-refractivity contribution in [2.45, 2.75) is 38.0 Å². The van der Waals surface area contributed by atoms with Crippen LogP contribution in [-0.2, 0) is 19.3 Å². The second-order valence-electron chi connectivity index (χ2n) is 4.57. The molecule has 0 amide bonds. The number of rotatable bonds is 9. The largest absolute Gasteiger partial charge is 0.382 e. The summed E-state index contributed by atoms with van der Waals surface area (Å²) in [5.74, 6) is 0.194. The Balaban J connectivity index is 2.14. The van der Waals surface area contributed by atoms with Gasteiger partial charge in [-0.3, -0.25) is 0 Å². The lowest BCUT2D eigenvalue weighted by Crippen LogP contribution is -2.34. The van der Waals surface area contributed by atoms with E-state index in [0.717, 1.165) is 26.2 Å². The van der Waals surface area contributed by atoms with Gasteiger partial charge in [0.25, 0.3) is 0 Å². The number of hydrogen-bond acceptors (Lipinski definition) is 5. The van der Waals surface area contributed by atoms with E-state index < -0.39 is 9.84 Å². The summed E-state index contributed by atoms with van der Waals surface area (Å²) in [5, 5.41) is 2.82. The Hall–Kier alpha value is -0.170. The van der Waals surface area contributed by atoms with Gasteiger partial charge in [-0.2, -0.15) is 0 Å². The van der Waals surface area contributed by atoms with Crippen LogP contribution >= 0.6 is 0 Å². The Morgan fingerprint density at radius 3 is 2.78 bits per heavy atom. The van der Waals surface area contributed by atoms with E-state index in [1.54, 1.807) is 0 Å². The maximum atomic E-state index is 12.0. The van der Waals surface area contributed by atoms with Crippen LogP contribution in [0.25, 0.3) is 0 Å². The van der Waals surface area contributed by atoms with Crippen molar-refractivity contribution in [3.05, 3.63) is 0 Å². The summed E-state index contributed by atoms with van der Waals surface area (Å²) in [6.45, 7) is 7.13. The Morgan fingerprint density at radius 2 is 2.17 bits per heavy atom. The van der Waals surface area contributed by atoms with E-state index in [2.05, 4.69) is 5.32 Å². The number of sulfone groups is 1. The van der Waals surface area contributed by atoms with E-state index in [9.17, 15) is 8.42 Å². The van der Waals surface area contributed by atoms with Crippen molar-refractivity contribution in [2.24, 2.45) is 0 Å². The zero-order valence-corrected chi connectivity index (χ0v) is 12.2. The smallest absolute Gasteiger partial charge is 0.157 e. The molecule has 2 unspecified atom stereocenters. The Labute approximate surface area is 110 Å². The third kappa shape index (κ3) is 5.22. The van der Waals surface area contributed by atoms with Gasteiger partial charge in [-0.15, -0.1) is 0 Å². The lowest BCUT2D eigenvalue weighted by Gasteiger charge is -2.15. The molecular formula is C12H25NO4S. The van der Waals surface area contributed by atoms with Crippen LogP contribution in [0.4, 0.5) is 0 Å². The number of ether oxygens (including phenoxy) is 2. The van der Waals surface area contributed by atoms with Crippen molar-refractivity contribution >= 4 is 9.84 Å². The highest BCUT2D eigenvalue weighted by atomic mass is 32.2. The second kappa shape index (κ2) is 8.09.